The standard InChI is InChI=1S/C17H20N2OS2/c1-18-15(20)10-11-6-7-13-12-4-2-3-5-14(12)19-16(13)17(11)21-8-9-22-17/h2-5,11,19H,6-10H2,1H3,(H,18,20). The molecule has 1 atom stereocenters. The van der Waals surface area contributed by atoms with E-state index in [1.807, 2.05) is 23.5 Å². The molecule has 2 aliphatic rings. The van der Waals surface area contributed by atoms with E-state index in [9.17, 15) is 4.79 Å². The number of carbonyl (C=O) groups excluding carboxylic acids is 1. The zero-order valence-corrected chi connectivity index (χ0v) is 14.3. The van der Waals surface area contributed by atoms with Gasteiger partial charge in [-0.25, -0.2) is 0 Å². The highest BCUT2D eigenvalue weighted by Crippen LogP contribution is 2.61. The quantitative estimate of drug-likeness (QED) is 0.885. The molecule has 0 saturated carbocycles. The molecule has 1 aromatic carbocycles. The Kier molecular flexibility index (Phi) is 3.65. The first-order valence-electron chi connectivity index (χ1n) is 7.83. The summed E-state index contributed by atoms with van der Waals surface area (Å²) < 4.78 is 0.0408. The number of hydrogen-bond acceptors (Lipinski definition) is 3. The van der Waals surface area contributed by atoms with Crippen molar-refractivity contribution in [2.24, 2.45) is 5.92 Å². The Balaban J connectivity index is 1.83. The van der Waals surface area contributed by atoms with Gasteiger partial charge in [-0.2, -0.15) is 0 Å². The molecule has 0 bridgehead atoms. The van der Waals surface area contributed by atoms with Crippen LogP contribution in [-0.2, 0) is 15.3 Å². The van der Waals surface area contributed by atoms with Gasteiger partial charge >= 0.3 is 0 Å². The van der Waals surface area contributed by atoms with Crippen molar-refractivity contribution in [3.63, 3.8) is 0 Å². The Bertz CT molecular complexity index is 719. The first-order valence-corrected chi connectivity index (χ1v) is 9.80. The van der Waals surface area contributed by atoms with Crippen LogP contribution in [0.1, 0.15) is 24.1 Å². The van der Waals surface area contributed by atoms with E-state index < -0.39 is 0 Å². The minimum absolute atomic E-state index is 0.0408. The smallest absolute Gasteiger partial charge is 0.220 e. The van der Waals surface area contributed by atoms with Gasteiger partial charge in [0.15, 0.2) is 0 Å². The number of aryl methyl sites for hydroxylation is 1. The monoisotopic (exact) mass is 332 g/mol. The zero-order chi connectivity index (χ0) is 15.2. The number of rotatable bonds is 2. The summed E-state index contributed by atoms with van der Waals surface area (Å²) >= 11 is 4.07. The normalized spacial score (nSPS) is 22.9. The second-order valence-corrected chi connectivity index (χ2v) is 8.94. The summed E-state index contributed by atoms with van der Waals surface area (Å²) in [6.45, 7) is 0. The van der Waals surface area contributed by atoms with Gasteiger partial charge in [-0.05, 0) is 30.4 Å². The molecule has 1 amide bonds. The Labute approximate surface area is 139 Å². The fourth-order valence-corrected chi connectivity index (χ4v) is 7.46. The van der Waals surface area contributed by atoms with Crippen molar-refractivity contribution in [2.45, 2.75) is 23.3 Å². The van der Waals surface area contributed by atoms with Crippen LogP contribution in [0, 0.1) is 5.92 Å². The number of amides is 1. The van der Waals surface area contributed by atoms with Gasteiger partial charge in [-0.3, -0.25) is 4.79 Å². The topological polar surface area (TPSA) is 44.9 Å². The van der Waals surface area contributed by atoms with Gasteiger partial charge in [-0.15, -0.1) is 23.5 Å². The molecule has 0 radical (unpaired) electrons. The van der Waals surface area contributed by atoms with Crippen molar-refractivity contribution in [1.82, 2.24) is 10.3 Å². The van der Waals surface area contributed by atoms with Gasteiger partial charge < -0.3 is 10.3 Å². The summed E-state index contributed by atoms with van der Waals surface area (Å²) in [5.41, 5.74) is 4.09. The minimum Gasteiger partial charge on any atom is -0.359 e. The molecule has 2 heterocycles. The molecule has 1 aliphatic carbocycles. The average Bonchev–Trinajstić information content (AvgIpc) is 3.16. The fraction of sp³-hybridized carbons (Fsp3) is 0.471. The molecule has 116 valence electrons. The predicted molar refractivity (Wildman–Crippen MR) is 95.4 cm³/mol. The summed E-state index contributed by atoms with van der Waals surface area (Å²) in [6.07, 6.45) is 2.80. The molecular weight excluding hydrogens is 312 g/mol. The summed E-state index contributed by atoms with van der Waals surface area (Å²) in [7, 11) is 1.74. The van der Waals surface area contributed by atoms with Crippen LogP contribution >= 0.6 is 23.5 Å². The van der Waals surface area contributed by atoms with Gasteiger partial charge in [0.05, 0.1) is 0 Å². The van der Waals surface area contributed by atoms with Gasteiger partial charge in [0.2, 0.25) is 5.91 Å². The predicted octanol–water partition coefficient (Wildman–Crippen LogP) is 3.50. The Hall–Kier alpha value is -1.07. The maximum Gasteiger partial charge on any atom is 0.220 e. The third kappa shape index (κ3) is 2.09. The van der Waals surface area contributed by atoms with Crippen LogP contribution in [0.5, 0.6) is 0 Å². The summed E-state index contributed by atoms with van der Waals surface area (Å²) in [5.74, 6) is 2.91. The van der Waals surface area contributed by atoms with Crippen LogP contribution in [0.3, 0.4) is 0 Å². The fourth-order valence-electron chi connectivity index (χ4n) is 3.84. The van der Waals surface area contributed by atoms with Crippen LogP contribution < -0.4 is 5.32 Å². The SMILES string of the molecule is CNC(=O)CC1CCc2c([nH]c3ccccc23)C12SCCS2. The van der Waals surface area contributed by atoms with Crippen molar-refractivity contribution >= 4 is 40.3 Å². The lowest BCUT2D eigenvalue weighted by Gasteiger charge is -2.39. The molecule has 1 unspecified atom stereocenters. The van der Waals surface area contributed by atoms with E-state index in [0.29, 0.717) is 12.3 Å². The number of aromatic amines is 1. The number of thioether (sulfide) groups is 2. The number of aromatic nitrogens is 1. The lowest BCUT2D eigenvalue weighted by atomic mass is 9.83. The number of carbonyl (C=O) groups is 1. The largest absolute Gasteiger partial charge is 0.359 e. The van der Waals surface area contributed by atoms with Gasteiger partial charge in [-0.1, -0.05) is 18.2 Å². The molecule has 22 heavy (non-hydrogen) atoms. The van der Waals surface area contributed by atoms with Crippen LogP contribution in [0.2, 0.25) is 0 Å². The van der Waals surface area contributed by atoms with E-state index in [-0.39, 0.29) is 9.99 Å². The highest BCUT2D eigenvalue weighted by atomic mass is 32.2. The lowest BCUT2D eigenvalue weighted by molar-refractivity contribution is -0.121. The molecule has 1 spiro atoms. The van der Waals surface area contributed by atoms with E-state index in [0.717, 1.165) is 12.8 Å². The lowest BCUT2D eigenvalue weighted by Crippen LogP contribution is -2.36. The number of para-hydroxylation sites is 1. The van der Waals surface area contributed by atoms with E-state index >= 15 is 0 Å². The second-order valence-electron chi connectivity index (χ2n) is 6.00. The number of fused-ring (bicyclic) bond motifs is 4. The third-order valence-electron chi connectivity index (χ3n) is 4.87. The molecule has 2 N–H and O–H groups in total. The summed E-state index contributed by atoms with van der Waals surface area (Å²) in [5, 5.41) is 4.17. The van der Waals surface area contributed by atoms with Crippen LogP contribution in [0.25, 0.3) is 10.9 Å². The third-order valence-corrected chi connectivity index (χ3v) is 8.58. The highest BCUT2D eigenvalue weighted by molar-refractivity contribution is 8.20. The van der Waals surface area contributed by atoms with E-state index in [2.05, 4.69) is 34.6 Å². The van der Waals surface area contributed by atoms with Gasteiger partial charge in [0, 0.05) is 41.6 Å². The molecular formula is C17H20N2OS2. The van der Waals surface area contributed by atoms with Crippen LogP contribution in [-0.4, -0.2) is 29.4 Å². The van der Waals surface area contributed by atoms with Crippen molar-refractivity contribution in [3.8, 4) is 0 Å². The van der Waals surface area contributed by atoms with E-state index in [1.165, 1.54) is 33.7 Å². The number of hydrogen-bond donors (Lipinski definition) is 2. The van der Waals surface area contributed by atoms with E-state index in [4.69, 9.17) is 0 Å². The summed E-state index contributed by atoms with van der Waals surface area (Å²) in [4.78, 5) is 15.7. The maximum atomic E-state index is 12.0. The average molecular weight is 332 g/mol. The number of H-pyrrole nitrogens is 1. The first-order chi connectivity index (χ1) is 10.7. The van der Waals surface area contributed by atoms with E-state index in [1.54, 1.807) is 7.05 Å². The highest BCUT2D eigenvalue weighted by Gasteiger charge is 2.49. The Morgan fingerprint density at radius 2 is 2.14 bits per heavy atom. The van der Waals surface area contributed by atoms with Crippen molar-refractivity contribution < 1.29 is 4.79 Å². The zero-order valence-electron chi connectivity index (χ0n) is 12.6. The number of benzene rings is 1. The Morgan fingerprint density at radius 3 is 2.91 bits per heavy atom. The van der Waals surface area contributed by atoms with Crippen molar-refractivity contribution in [1.29, 1.82) is 0 Å². The summed E-state index contributed by atoms with van der Waals surface area (Å²) in [6, 6.07) is 8.60. The van der Waals surface area contributed by atoms with Crippen LogP contribution in [0.4, 0.5) is 0 Å². The van der Waals surface area contributed by atoms with Crippen LogP contribution in [0.15, 0.2) is 24.3 Å². The molecule has 1 aromatic heterocycles. The second kappa shape index (κ2) is 5.53. The number of nitrogens with one attached hydrogen (secondary N) is 2. The van der Waals surface area contributed by atoms with Gasteiger partial charge in [0.25, 0.3) is 0 Å². The molecule has 1 fully saturated rings. The molecule has 4 rings (SSSR count). The molecule has 1 saturated heterocycles. The molecule has 2 aromatic rings. The molecule has 5 heteroatoms. The molecule has 1 aliphatic heterocycles. The van der Waals surface area contributed by atoms with Crippen molar-refractivity contribution in [2.75, 3.05) is 18.6 Å². The Morgan fingerprint density at radius 1 is 1.36 bits per heavy atom. The minimum atomic E-state index is 0.0408. The maximum absolute atomic E-state index is 12.0. The molecule has 3 nitrogen and oxygen atoms in total. The van der Waals surface area contributed by atoms with Gasteiger partial charge in [0.1, 0.15) is 4.08 Å². The van der Waals surface area contributed by atoms with Crippen molar-refractivity contribution in [3.05, 3.63) is 35.5 Å². The first kappa shape index (κ1) is 14.5.